The summed E-state index contributed by atoms with van der Waals surface area (Å²) in [6.07, 6.45) is 0.0356. The van der Waals surface area contributed by atoms with Crippen LogP contribution in [0.4, 0.5) is 4.39 Å². The highest BCUT2D eigenvalue weighted by Gasteiger charge is 2.09. The Morgan fingerprint density at radius 2 is 1.60 bits per heavy atom. The Balaban J connectivity index is 1.65. The lowest BCUT2D eigenvalue weighted by Gasteiger charge is -2.11. The number of rotatable bonds is 6. The first-order valence-electron chi connectivity index (χ1n) is 7.70. The zero-order valence-electron chi connectivity index (χ0n) is 13.4. The molecule has 7 heteroatoms. The third-order valence-corrected chi connectivity index (χ3v) is 3.60. The average Bonchev–Trinajstić information content (AvgIpc) is 2.64. The van der Waals surface area contributed by atoms with Gasteiger partial charge in [0.05, 0.1) is 0 Å². The van der Waals surface area contributed by atoms with Gasteiger partial charge in [-0.1, -0.05) is 30.3 Å². The summed E-state index contributed by atoms with van der Waals surface area (Å²) in [5.74, 6) is -0.991. The molecule has 5 nitrogen and oxygen atoms in total. The van der Waals surface area contributed by atoms with Gasteiger partial charge in [0.2, 0.25) is 5.91 Å². The minimum absolute atomic E-state index is 0.00447. The monoisotopic (exact) mass is 359 g/mol. The van der Waals surface area contributed by atoms with E-state index in [0.29, 0.717) is 12.1 Å². The van der Waals surface area contributed by atoms with Gasteiger partial charge in [-0.05, 0) is 42.0 Å². The Hall–Kier alpha value is -2.80. The molecule has 0 aliphatic carbocycles. The summed E-state index contributed by atoms with van der Waals surface area (Å²) < 4.78 is 12.8. The first-order chi connectivity index (χ1) is 12.0. The number of carbonyl (C=O) groups is 2. The van der Waals surface area contributed by atoms with E-state index in [1.165, 1.54) is 24.3 Å². The number of hydrogen-bond donors (Lipinski definition) is 3. The molecule has 0 aliphatic heterocycles. The normalized spacial score (nSPS) is 9.96. The molecule has 130 valence electrons. The van der Waals surface area contributed by atoms with Gasteiger partial charge in [0.1, 0.15) is 5.82 Å². The first-order valence-corrected chi connectivity index (χ1v) is 8.11. The predicted molar refractivity (Wildman–Crippen MR) is 97.1 cm³/mol. The van der Waals surface area contributed by atoms with E-state index in [1.54, 1.807) is 0 Å². The Bertz CT molecular complexity index is 736. The molecule has 0 radical (unpaired) electrons. The highest BCUT2D eigenvalue weighted by atomic mass is 32.1. The number of hydrazine groups is 1. The van der Waals surface area contributed by atoms with Crippen LogP contribution in [0, 0.1) is 5.82 Å². The van der Waals surface area contributed by atoms with E-state index in [2.05, 4.69) is 16.2 Å². The van der Waals surface area contributed by atoms with Crippen molar-refractivity contribution in [3.8, 4) is 0 Å². The second-order valence-corrected chi connectivity index (χ2v) is 5.68. The molecule has 0 aliphatic rings. The Labute approximate surface area is 150 Å². The van der Waals surface area contributed by atoms with Gasteiger partial charge < -0.3 is 5.32 Å². The lowest BCUT2D eigenvalue weighted by Crippen LogP contribution is -2.46. The van der Waals surface area contributed by atoms with Crippen molar-refractivity contribution in [3.05, 3.63) is 71.5 Å². The van der Waals surface area contributed by atoms with E-state index in [4.69, 9.17) is 12.2 Å². The molecular formula is C18H18FN3O2S. The van der Waals surface area contributed by atoms with Crippen LogP contribution in [0.25, 0.3) is 0 Å². The summed E-state index contributed by atoms with van der Waals surface area (Å²) in [5, 5.41) is 3.23. The zero-order valence-corrected chi connectivity index (χ0v) is 14.2. The van der Waals surface area contributed by atoms with Crippen LogP contribution >= 0.6 is 12.2 Å². The van der Waals surface area contributed by atoms with Crippen molar-refractivity contribution in [2.45, 2.75) is 19.4 Å². The highest BCUT2D eigenvalue weighted by molar-refractivity contribution is 7.80. The summed E-state index contributed by atoms with van der Waals surface area (Å²) in [5.41, 5.74) is 6.45. The lowest BCUT2D eigenvalue weighted by atomic mass is 10.1. The standard InChI is InChI=1S/C18H18FN3O2S/c19-15-8-6-14(7-9-15)16(23)10-11-17(24)21-22-18(25)20-12-13-4-2-1-3-5-13/h1-9H,10-12H2,(H,21,24)(H2,20,22,25). The molecule has 0 heterocycles. The lowest BCUT2D eigenvalue weighted by molar-refractivity contribution is -0.121. The molecule has 0 saturated heterocycles. The molecule has 0 bridgehead atoms. The van der Waals surface area contributed by atoms with Crippen LogP contribution in [0.15, 0.2) is 54.6 Å². The van der Waals surface area contributed by atoms with E-state index in [0.717, 1.165) is 5.56 Å². The smallest absolute Gasteiger partial charge is 0.238 e. The molecule has 3 N–H and O–H groups in total. The second kappa shape index (κ2) is 9.48. The van der Waals surface area contributed by atoms with E-state index < -0.39 is 5.82 Å². The molecule has 2 rings (SSSR count). The highest BCUT2D eigenvalue weighted by Crippen LogP contribution is 2.07. The largest absolute Gasteiger partial charge is 0.357 e. The van der Waals surface area contributed by atoms with Crippen molar-refractivity contribution in [2.24, 2.45) is 0 Å². The number of Topliss-reactive ketones (excluding diaryl/α,β-unsaturated/α-hetero) is 1. The van der Waals surface area contributed by atoms with Gasteiger partial charge >= 0.3 is 0 Å². The van der Waals surface area contributed by atoms with E-state index >= 15 is 0 Å². The number of ketones is 1. The molecule has 1 amide bonds. The van der Waals surface area contributed by atoms with E-state index in [-0.39, 0.29) is 29.6 Å². The quantitative estimate of drug-likeness (QED) is 0.420. The Morgan fingerprint density at radius 3 is 2.28 bits per heavy atom. The molecule has 0 saturated carbocycles. The van der Waals surface area contributed by atoms with Crippen LogP contribution in [0.2, 0.25) is 0 Å². The fraction of sp³-hybridized carbons (Fsp3) is 0.167. The summed E-state index contributed by atoms with van der Waals surface area (Å²) >= 11 is 5.06. The fourth-order valence-corrected chi connectivity index (χ4v) is 2.14. The van der Waals surface area contributed by atoms with Crippen molar-refractivity contribution in [2.75, 3.05) is 0 Å². The van der Waals surface area contributed by atoms with Crippen molar-refractivity contribution < 1.29 is 14.0 Å². The Morgan fingerprint density at radius 1 is 0.920 bits per heavy atom. The molecule has 2 aromatic rings. The van der Waals surface area contributed by atoms with Gasteiger partial charge in [0.15, 0.2) is 10.9 Å². The van der Waals surface area contributed by atoms with Crippen LogP contribution in [-0.2, 0) is 11.3 Å². The van der Waals surface area contributed by atoms with Gasteiger partial charge in [-0.2, -0.15) is 0 Å². The number of benzene rings is 2. The number of hydrogen-bond acceptors (Lipinski definition) is 3. The zero-order chi connectivity index (χ0) is 18.1. The molecule has 2 aromatic carbocycles. The van der Waals surface area contributed by atoms with Crippen molar-refractivity contribution in [3.63, 3.8) is 0 Å². The SMILES string of the molecule is O=C(CCC(=O)c1ccc(F)cc1)NNC(=S)NCc1ccccc1. The number of thiocarbonyl (C=S) groups is 1. The summed E-state index contributed by atoms with van der Waals surface area (Å²) in [6, 6.07) is 14.9. The van der Waals surface area contributed by atoms with Gasteiger partial charge in [-0.15, -0.1) is 0 Å². The van der Waals surface area contributed by atoms with Crippen LogP contribution in [0.1, 0.15) is 28.8 Å². The van der Waals surface area contributed by atoms with Crippen LogP contribution in [-0.4, -0.2) is 16.8 Å². The van der Waals surface area contributed by atoms with Gasteiger partial charge in [-0.3, -0.25) is 20.4 Å². The molecule has 25 heavy (non-hydrogen) atoms. The fourth-order valence-electron chi connectivity index (χ4n) is 2.02. The average molecular weight is 359 g/mol. The third-order valence-electron chi connectivity index (χ3n) is 3.36. The minimum atomic E-state index is -0.407. The molecule has 0 unspecified atom stereocenters. The maximum Gasteiger partial charge on any atom is 0.238 e. The summed E-state index contributed by atoms with van der Waals surface area (Å²) in [6.45, 7) is 0.533. The van der Waals surface area contributed by atoms with Gasteiger partial charge in [0, 0.05) is 24.9 Å². The summed E-state index contributed by atoms with van der Waals surface area (Å²) in [4.78, 5) is 23.6. The molecule has 0 fully saturated rings. The number of carbonyl (C=O) groups excluding carboxylic acids is 2. The number of halogens is 1. The van der Waals surface area contributed by atoms with Crippen molar-refractivity contribution >= 4 is 29.0 Å². The van der Waals surface area contributed by atoms with Gasteiger partial charge in [0.25, 0.3) is 0 Å². The predicted octanol–water partition coefficient (Wildman–Crippen LogP) is 2.48. The third kappa shape index (κ3) is 6.68. The summed E-state index contributed by atoms with van der Waals surface area (Å²) in [7, 11) is 0. The topological polar surface area (TPSA) is 70.2 Å². The van der Waals surface area contributed by atoms with Crippen LogP contribution in [0.5, 0.6) is 0 Å². The molecular weight excluding hydrogens is 341 g/mol. The number of nitrogens with one attached hydrogen (secondary N) is 3. The van der Waals surface area contributed by atoms with Crippen molar-refractivity contribution in [1.82, 2.24) is 16.2 Å². The van der Waals surface area contributed by atoms with Crippen LogP contribution in [0.3, 0.4) is 0 Å². The second-order valence-electron chi connectivity index (χ2n) is 5.27. The van der Waals surface area contributed by atoms with E-state index in [1.807, 2.05) is 30.3 Å². The molecule has 0 atom stereocenters. The van der Waals surface area contributed by atoms with E-state index in [9.17, 15) is 14.0 Å². The Kier molecular flexibility index (Phi) is 7.03. The molecule has 0 spiro atoms. The number of amides is 1. The first kappa shape index (κ1) is 18.5. The maximum absolute atomic E-state index is 12.8. The maximum atomic E-state index is 12.8. The minimum Gasteiger partial charge on any atom is -0.357 e. The molecule has 0 aromatic heterocycles. The van der Waals surface area contributed by atoms with Gasteiger partial charge in [-0.25, -0.2) is 4.39 Å². The van der Waals surface area contributed by atoms with Crippen LogP contribution < -0.4 is 16.2 Å². The van der Waals surface area contributed by atoms with Crippen molar-refractivity contribution in [1.29, 1.82) is 0 Å².